The molecule has 0 atom stereocenters. The van der Waals surface area contributed by atoms with Crippen molar-refractivity contribution in [1.29, 1.82) is 0 Å². The molecule has 0 radical (unpaired) electrons. The third-order valence-electron chi connectivity index (χ3n) is 2.66. The summed E-state index contributed by atoms with van der Waals surface area (Å²) in [5.41, 5.74) is 1.31. The number of aromatic nitrogens is 2. The monoisotopic (exact) mass is 255 g/mol. The van der Waals surface area contributed by atoms with Gasteiger partial charge < -0.3 is 9.88 Å². The van der Waals surface area contributed by atoms with Crippen LogP contribution in [0.4, 0.5) is 0 Å². The molecule has 1 N–H and O–H groups in total. The van der Waals surface area contributed by atoms with E-state index < -0.39 is 0 Å². The van der Waals surface area contributed by atoms with Gasteiger partial charge in [0, 0.05) is 25.0 Å². The smallest absolute Gasteiger partial charge is 0.105 e. The van der Waals surface area contributed by atoms with Gasteiger partial charge in [0.05, 0.1) is 5.69 Å². The molecule has 1 aromatic heterocycles. The maximum atomic E-state index is 4.41. The minimum absolute atomic E-state index is 0.697. The van der Waals surface area contributed by atoms with Crippen LogP contribution in [0.1, 0.15) is 32.3 Å². The van der Waals surface area contributed by atoms with Gasteiger partial charge in [-0.3, -0.25) is 0 Å². The fourth-order valence-electron chi connectivity index (χ4n) is 1.75. The van der Waals surface area contributed by atoms with E-state index in [0.717, 1.165) is 25.5 Å². The van der Waals surface area contributed by atoms with Gasteiger partial charge >= 0.3 is 0 Å². The van der Waals surface area contributed by atoms with Crippen LogP contribution >= 0.6 is 11.8 Å². The van der Waals surface area contributed by atoms with Crippen molar-refractivity contribution < 1.29 is 0 Å². The van der Waals surface area contributed by atoms with Crippen LogP contribution in [0, 0.1) is 12.8 Å². The number of imidazole rings is 1. The first-order chi connectivity index (χ1) is 8.15. The van der Waals surface area contributed by atoms with Gasteiger partial charge in [-0.1, -0.05) is 20.8 Å². The van der Waals surface area contributed by atoms with E-state index in [0.29, 0.717) is 5.92 Å². The van der Waals surface area contributed by atoms with Crippen LogP contribution < -0.4 is 5.32 Å². The molecule has 0 bridgehead atoms. The Morgan fingerprint density at radius 1 is 1.47 bits per heavy atom. The van der Waals surface area contributed by atoms with Gasteiger partial charge in [-0.05, 0) is 25.1 Å². The second-order valence-electron chi connectivity index (χ2n) is 4.67. The number of nitrogens with one attached hydrogen (secondary N) is 1. The molecule has 0 saturated carbocycles. The Kier molecular flexibility index (Phi) is 6.66. The lowest BCUT2D eigenvalue weighted by Gasteiger charge is -2.11. The largest absolute Gasteiger partial charge is 0.330 e. The Morgan fingerprint density at radius 2 is 2.24 bits per heavy atom. The van der Waals surface area contributed by atoms with E-state index in [-0.39, 0.29) is 0 Å². The maximum Gasteiger partial charge on any atom is 0.105 e. The molecule has 17 heavy (non-hydrogen) atoms. The Labute approximate surface area is 109 Å². The van der Waals surface area contributed by atoms with Crippen molar-refractivity contribution in [2.45, 2.75) is 40.8 Å². The van der Waals surface area contributed by atoms with E-state index in [2.05, 4.69) is 42.6 Å². The average molecular weight is 255 g/mol. The second-order valence-corrected chi connectivity index (χ2v) is 6.06. The summed E-state index contributed by atoms with van der Waals surface area (Å²) in [7, 11) is 0. The van der Waals surface area contributed by atoms with E-state index in [4.69, 9.17) is 0 Å². The maximum absolute atomic E-state index is 4.41. The first kappa shape index (κ1) is 14.6. The standard InChI is InChI=1S/C13H25N3S/c1-5-17-7-6-16-12(4)15-10-13(16)9-14-8-11(2)3/h10-11,14H,5-9H2,1-4H3. The molecule has 0 amide bonds. The number of hydrogen-bond donors (Lipinski definition) is 1. The Bertz CT molecular complexity index is 320. The Balaban J connectivity index is 2.47. The van der Waals surface area contributed by atoms with Crippen LogP contribution in [0.3, 0.4) is 0 Å². The van der Waals surface area contributed by atoms with Crippen LogP contribution in [0.2, 0.25) is 0 Å². The van der Waals surface area contributed by atoms with Gasteiger partial charge in [-0.15, -0.1) is 0 Å². The zero-order chi connectivity index (χ0) is 12.7. The van der Waals surface area contributed by atoms with Gasteiger partial charge in [0.15, 0.2) is 0 Å². The zero-order valence-electron chi connectivity index (χ0n) is 11.5. The van der Waals surface area contributed by atoms with Gasteiger partial charge in [0.1, 0.15) is 5.82 Å². The SMILES string of the molecule is CCSCCn1c(CNCC(C)C)cnc1C. The number of nitrogens with zero attached hydrogens (tertiary/aromatic N) is 2. The Hall–Kier alpha value is -0.480. The van der Waals surface area contributed by atoms with Crippen molar-refractivity contribution in [3.05, 3.63) is 17.7 Å². The molecule has 0 unspecified atom stereocenters. The highest BCUT2D eigenvalue weighted by Gasteiger charge is 2.06. The topological polar surface area (TPSA) is 29.9 Å². The summed E-state index contributed by atoms with van der Waals surface area (Å²) >= 11 is 1.98. The normalized spacial score (nSPS) is 11.4. The minimum atomic E-state index is 0.697. The van der Waals surface area contributed by atoms with E-state index in [1.807, 2.05) is 18.0 Å². The average Bonchev–Trinajstić information content (AvgIpc) is 2.61. The molecule has 1 heterocycles. The van der Waals surface area contributed by atoms with Crippen molar-refractivity contribution >= 4 is 11.8 Å². The van der Waals surface area contributed by atoms with Gasteiger partial charge in [0.2, 0.25) is 0 Å². The molecule has 0 saturated heterocycles. The molecule has 1 aromatic rings. The summed E-state index contributed by atoms with van der Waals surface area (Å²) in [6.07, 6.45) is 2.00. The Morgan fingerprint density at radius 3 is 2.88 bits per heavy atom. The van der Waals surface area contributed by atoms with Crippen molar-refractivity contribution in [1.82, 2.24) is 14.9 Å². The quantitative estimate of drug-likeness (QED) is 0.724. The predicted octanol–water partition coefficient (Wildman–Crippen LogP) is 2.69. The molecular formula is C13H25N3S. The van der Waals surface area contributed by atoms with Crippen molar-refractivity contribution in [3.8, 4) is 0 Å². The fraction of sp³-hybridized carbons (Fsp3) is 0.769. The lowest BCUT2D eigenvalue weighted by Crippen LogP contribution is -2.21. The molecule has 1 rings (SSSR count). The van der Waals surface area contributed by atoms with Gasteiger partial charge in [0.25, 0.3) is 0 Å². The molecule has 98 valence electrons. The first-order valence-electron chi connectivity index (χ1n) is 6.44. The van der Waals surface area contributed by atoms with E-state index >= 15 is 0 Å². The lowest BCUT2D eigenvalue weighted by atomic mass is 10.2. The molecule has 0 aromatic carbocycles. The summed E-state index contributed by atoms with van der Waals surface area (Å²) in [6, 6.07) is 0. The molecule has 0 aliphatic heterocycles. The van der Waals surface area contributed by atoms with Crippen LogP contribution in [0.25, 0.3) is 0 Å². The summed E-state index contributed by atoms with van der Waals surface area (Å²) < 4.78 is 2.33. The molecule has 4 heteroatoms. The summed E-state index contributed by atoms with van der Waals surface area (Å²) in [6.45, 7) is 11.8. The fourth-order valence-corrected chi connectivity index (χ4v) is 2.35. The molecule has 0 spiro atoms. The third-order valence-corrected chi connectivity index (χ3v) is 3.54. The molecular weight excluding hydrogens is 230 g/mol. The first-order valence-corrected chi connectivity index (χ1v) is 7.60. The van der Waals surface area contributed by atoms with Crippen LogP contribution in [0.15, 0.2) is 6.20 Å². The number of hydrogen-bond acceptors (Lipinski definition) is 3. The number of thioether (sulfide) groups is 1. The van der Waals surface area contributed by atoms with Crippen LogP contribution in [-0.2, 0) is 13.1 Å². The highest BCUT2D eigenvalue weighted by Crippen LogP contribution is 2.08. The second kappa shape index (κ2) is 7.77. The van der Waals surface area contributed by atoms with E-state index in [1.54, 1.807) is 0 Å². The number of aryl methyl sites for hydroxylation is 1. The highest BCUT2D eigenvalue weighted by molar-refractivity contribution is 7.99. The number of rotatable bonds is 8. The summed E-state index contributed by atoms with van der Waals surface area (Å²) in [4.78, 5) is 4.41. The van der Waals surface area contributed by atoms with E-state index in [9.17, 15) is 0 Å². The highest BCUT2D eigenvalue weighted by atomic mass is 32.2. The summed E-state index contributed by atoms with van der Waals surface area (Å²) in [5.74, 6) is 4.19. The molecule has 3 nitrogen and oxygen atoms in total. The molecule has 0 fully saturated rings. The minimum Gasteiger partial charge on any atom is -0.330 e. The lowest BCUT2D eigenvalue weighted by molar-refractivity contribution is 0.536. The molecule has 0 aliphatic carbocycles. The van der Waals surface area contributed by atoms with Gasteiger partial charge in [-0.2, -0.15) is 11.8 Å². The van der Waals surface area contributed by atoms with Gasteiger partial charge in [-0.25, -0.2) is 4.98 Å². The predicted molar refractivity (Wildman–Crippen MR) is 76.5 cm³/mol. The van der Waals surface area contributed by atoms with Crippen molar-refractivity contribution in [2.75, 3.05) is 18.1 Å². The van der Waals surface area contributed by atoms with Crippen molar-refractivity contribution in [3.63, 3.8) is 0 Å². The third kappa shape index (κ3) is 5.13. The van der Waals surface area contributed by atoms with Crippen LogP contribution in [-0.4, -0.2) is 27.6 Å². The zero-order valence-corrected chi connectivity index (χ0v) is 12.3. The summed E-state index contributed by atoms with van der Waals surface area (Å²) in [5, 5.41) is 3.48. The van der Waals surface area contributed by atoms with Crippen LogP contribution in [0.5, 0.6) is 0 Å². The van der Waals surface area contributed by atoms with Crippen molar-refractivity contribution in [2.24, 2.45) is 5.92 Å². The van der Waals surface area contributed by atoms with E-state index in [1.165, 1.54) is 17.2 Å². The molecule has 0 aliphatic rings.